The van der Waals surface area contributed by atoms with Crippen LogP contribution in [0.5, 0.6) is 0 Å². The van der Waals surface area contributed by atoms with Crippen molar-refractivity contribution in [3.8, 4) is 0 Å². The molecule has 24 heavy (non-hydrogen) atoms. The van der Waals surface area contributed by atoms with Gasteiger partial charge in [-0.3, -0.25) is 14.6 Å². The molecule has 0 unspecified atom stereocenters. The minimum absolute atomic E-state index is 0.131. The van der Waals surface area contributed by atoms with E-state index in [1.54, 1.807) is 12.1 Å². The van der Waals surface area contributed by atoms with E-state index in [0.717, 1.165) is 32.7 Å². The number of furan rings is 1. The van der Waals surface area contributed by atoms with E-state index < -0.39 is 0 Å². The average Bonchev–Trinajstić information content (AvgIpc) is 3.26. The Morgan fingerprint density at radius 2 is 2.17 bits per heavy atom. The van der Waals surface area contributed by atoms with E-state index >= 15 is 0 Å². The van der Waals surface area contributed by atoms with E-state index in [0.29, 0.717) is 24.0 Å². The van der Waals surface area contributed by atoms with Gasteiger partial charge in [-0.05, 0) is 26.0 Å². The van der Waals surface area contributed by atoms with E-state index in [1.807, 2.05) is 6.92 Å². The zero-order valence-corrected chi connectivity index (χ0v) is 14.1. The molecule has 0 aromatic carbocycles. The van der Waals surface area contributed by atoms with Gasteiger partial charge in [0.15, 0.2) is 11.6 Å². The van der Waals surface area contributed by atoms with Gasteiger partial charge < -0.3 is 14.3 Å². The number of aromatic nitrogens is 2. The molecule has 130 valence electrons. The first-order chi connectivity index (χ1) is 11.6. The third-order valence-electron chi connectivity index (χ3n) is 4.31. The molecule has 3 heterocycles. The Morgan fingerprint density at radius 1 is 1.38 bits per heavy atom. The standard InChI is InChI=1S/C16H23N5O3/c1-12(16-18-13(2)19-24-16)21-9-7-20(8-10-21)6-5-17-15(22)14-4-3-11-23-14/h3-4,11-12H,5-10H2,1-2H3,(H,17,22)/t12-/m1/s1. The lowest BCUT2D eigenvalue weighted by atomic mass is 10.2. The Labute approximate surface area is 140 Å². The van der Waals surface area contributed by atoms with Gasteiger partial charge in [0.25, 0.3) is 5.91 Å². The van der Waals surface area contributed by atoms with Crippen molar-refractivity contribution in [2.24, 2.45) is 0 Å². The largest absolute Gasteiger partial charge is 0.459 e. The van der Waals surface area contributed by atoms with Crippen molar-refractivity contribution >= 4 is 5.91 Å². The molecule has 1 aliphatic rings. The molecule has 2 aromatic heterocycles. The predicted molar refractivity (Wildman–Crippen MR) is 86.5 cm³/mol. The lowest BCUT2D eigenvalue weighted by Crippen LogP contribution is -2.49. The summed E-state index contributed by atoms with van der Waals surface area (Å²) in [6.45, 7) is 9.14. The second kappa shape index (κ2) is 7.59. The molecular weight excluding hydrogens is 310 g/mol. The van der Waals surface area contributed by atoms with E-state index in [-0.39, 0.29) is 11.9 Å². The van der Waals surface area contributed by atoms with Crippen LogP contribution in [0.25, 0.3) is 0 Å². The van der Waals surface area contributed by atoms with E-state index in [4.69, 9.17) is 8.94 Å². The first-order valence-corrected chi connectivity index (χ1v) is 8.22. The number of hydrogen-bond donors (Lipinski definition) is 1. The zero-order chi connectivity index (χ0) is 16.9. The van der Waals surface area contributed by atoms with Crippen molar-refractivity contribution in [3.63, 3.8) is 0 Å². The molecule has 0 radical (unpaired) electrons. The lowest BCUT2D eigenvalue weighted by molar-refractivity contribution is 0.0838. The molecule has 1 aliphatic heterocycles. The van der Waals surface area contributed by atoms with Crippen molar-refractivity contribution in [2.75, 3.05) is 39.3 Å². The van der Waals surface area contributed by atoms with E-state index in [2.05, 4.69) is 32.2 Å². The smallest absolute Gasteiger partial charge is 0.287 e. The number of aryl methyl sites for hydroxylation is 1. The van der Waals surface area contributed by atoms with Crippen LogP contribution in [0, 0.1) is 6.92 Å². The summed E-state index contributed by atoms with van der Waals surface area (Å²) in [5, 5.41) is 6.73. The van der Waals surface area contributed by atoms with Crippen LogP contribution in [0.2, 0.25) is 0 Å². The van der Waals surface area contributed by atoms with Crippen LogP contribution in [-0.2, 0) is 0 Å². The highest BCUT2D eigenvalue weighted by molar-refractivity contribution is 5.91. The highest BCUT2D eigenvalue weighted by Crippen LogP contribution is 2.19. The molecule has 1 fully saturated rings. The molecule has 1 saturated heterocycles. The topological polar surface area (TPSA) is 87.6 Å². The third-order valence-corrected chi connectivity index (χ3v) is 4.31. The first-order valence-electron chi connectivity index (χ1n) is 8.22. The van der Waals surface area contributed by atoms with Crippen molar-refractivity contribution in [1.82, 2.24) is 25.3 Å². The third kappa shape index (κ3) is 4.01. The second-order valence-corrected chi connectivity index (χ2v) is 5.97. The highest BCUT2D eigenvalue weighted by Gasteiger charge is 2.25. The minimum atomic E-state index is -0.168. The van der Waals surface area contributed by atoms with E-state index in [1.165, 1.54) is 6.26 Å². The van der Waals surface area contributed by atoms with Crippen LogP contribution in [0.1, 0.15) is 35.2 Å². The number of carbonyl (C=O) groups is 1. The average molecular weight is 333 g/mol. The van der Waals surface area contributed by atoms with Gasteiger partial charge in [-0.1, -0.05) is 5.16 Å². The fourth-order valence-corrected chi connectivity index (χ4v) is 2.84. The van der Waals surface area contributed by atoms with Gasteiger partial charge >= 0.3 is 0 Å². The van der Waals surface area contributed by atoms with E-state index in [9.17, 15) is 4.79 Å². The first kappa shape index (κ1) is 16.7. The number of amides is 1. The number of rotatable bonds is 6. The highest BCUT2D eigenvalue weighted by atomic mass is 16.5. The van der Waals surface area contributed by atoms with Gasteiger partial charge in [0.2, 0.25) is 5.89 Å². The molecule has 1 N–H and O–H groups in total. The lowest BCUT2D eigenvalue weighted by Gasteiger charge is -2.36. The van der Waals surface area contributed by atoms with Crippen molar-refractivity contribution in [3.05, 3.63) is 35.9 Å². The summed E-state index contributed by atoms with van der Waals surface area (Å²) in [7, 11) is 0. The van der Waals surface area contributed by atoms with Gasteiger partial charge in [-0.25, -0.2) is 0 Å². The summed E-state index contributed by atoms with van der Waals surface area (Å²) in [5.41, 5.74) is 0. The Morgan fingerprint density at radius 3 is 2.79 bits per heavy atom. The molecule has 1 atom stereocenters. The molecule has 8 heteroatoms. The Kier molecular flexibility index (Phi) is 5.27. The molecule has 0 saturated carbocycles. The normalized spacial score (nSPS) is 17.8. The summed E-state index contributed by atoms with van der Waals surface area (Å²) >= 11 is 0. The van der Waals surface area contributed by atoms with Crippen LogP contribution >= 0.6 is 0 Å². The molecule has 1 amide bonds. The summed E-state index contributed by atoms with van der Waals surface area (Å²) in [6, 6.07) is 3.50. The summed E-state index contributed by atoms with van der Waals surface area (Å²) in [5.74, 6) is 1.52. The summed E-state index contributed by atoms with van der Waals surface area (Å²) < 4.78 is 10.3. The van der Waals surface area contributed by atoms with Crippen LogP contribution < -0.4 is 5.32 Å². The maximum Gasteiger partial charge on any atom is 0.287 e. The number of piperazine rings is 1. The molecular formula is C16H23N5O3. The van der Waals surface area contributed by atoms with Crippen molar-refractivity contribution < 1.29 is 13.7 Å². The fourth-order valence-electron chi connectivity index (χ4n) is 2.84. The molecule has 0 bridgehead atoms. The monoisotopic (exact) mass is 333 g/mol. The van der Waals surface area contributed by atoms with Crippen LogP contribution in [0.3, 0.4) is 0 Å². The Hall–Kier alpha value is -2.19. The Bertz CT molecular complexity index is 646. The van der Waals surface area contributed by atoms with Crippen molar-refractivity contribution in [2.45, 2.75) is 19.9 Å². The summed E-state index contributed by atoms with van der Waals surface area (Å²) in [4.78, 5) is 20.8. The predicted octanol–water partition coefficient (Wildman–Crippen LogP) is 1.08. The quantitative estimate of drug-likeness (QED) is 0.846. The molecule has 8 nitrogen and oxygen atoms in total. The van der Waals surface area contributed by atoms with Gasteiger partial charge in [0.1, 0.15) is 0 Å². The van der Waals surface area contributed by atoms with Gasteiger partial charge in [-0.2, -0.15) is 4.98 Å². The SMILES string of the molecule is Cc1noc([C@@H](C)N2CCN(CCNC(=O)c3ccco3)CC2)n1. The van der Waals surface area contributed by atoms with Gasteiger partial charge in [0, 0.05) is 39.3 Å². The maximum atomic E-state index is 11.8. The van der Waals surface area contributed by atoms with Gasteiger partial charge in [0.05, 0.1) is 12.3 Å². The van der Waals surface area contributed by atoms with Crippen LogP contribution in [0.15, 0.2) is 27.3 Å². The number of hydrogen-bond acceptors (Lipinski definition) is 7. The molecule has 3 rings (SSSR count). The van der Waals surface area contributed by atoms with Crippen LogP contribution in [-0.4, -0.2) is 65.1 Å². The number of carbonyl (C=O) groups excluding carboxylic acids is 1. The number of nitrogens with zero attached hydrogens (tertiary/aromatic N) is 4. The molecule has 0 spiro atoms. The number of nitrogens with one attached hydrogen (secondary N) is 1. The summed E-state index contributed by atoms with van der Waals surface area (Å²) in [6.07, 6.45) is 1.50. The minimum Gasteiger partial charge on any atom is -0.459 e. The van der Waals surface area contributed by atoms with Crippen LogP contribution in [0.4, 0.5) is 0 Å². The van der Waals surface area contributed by atoms with Crippen molar-refractivity contribution in [1.29, 1.82) is 0 Å². The molecule has 0 aliphatic carbocycles. The zero-order valence-electron chi connectivity index (χ0n) is 14.1. The second-order valence-electron chi connectivity index (χ2n) is 5.97. The Balaban J connectivity index is 1.38. The maximum absolute atomic E-state index is 11.8. The fraction of sp³-hybridized carbons (Fsp3) is 0.562. The van der Waals surface area contributed by atoms with Gasteiger partial charge in [-0.15, -0.1) is 0 Å². The molecule has 2 aromatic rings.